The normalized spacial score (nSPS) is 10.5. The summed E-state index contributed by atoms with van der Waals surface area (Å²) in [7, 11) is 0. The standard InChI is InChI=1S/C19H23NO2/c21-19(22)9-4-2-1-3-7-16-10-12-17(13-11-16)15-18-8-5-6-14-20-18/h5-6,8,10-14H,1-4,7,9,15H2,(H,21,22). The van der Waals surface area contributed by atoms with E-state index >= 15 is 0 Å². The average Bonchev–Trinajstić information content (AvgIpc) is 2.53. The Morgan fingerprint density at radius 1 is 0.909 bits per heavy atom. The van der Waals surface area contributed by atoms with E-state index in [1.165, 1.54) is 11.1 Å². The highest BCUT2D eigenvalue weighted by Crippen LogP contribution is 2.12. The van der Waals surface area contributed by atoms with Gasteiger partial charge in [-0.2, -0.15) is 0 Å². The summed E-state index contributed by atoms with van der Waals surface area (Å²) in [6.45, 7) is 0. The van der Waals surface area contributed by atoms with Crippen molar-refractivity contribution in [2.45, 2.75) is 44.9 Å². The molecule has 0 aliphatic carbocycles. The molecule has 0 radical (unpaired) electrons. The van der Waals surface area contributed by atoms with E-state index < -0.39 is 5.97 Å². The van der Waals surface area contributed by atoms with Crippen molar-refractivity contribution in [1.29, 1.82) is 0 Å². The van der Waals surface area contributed by atoms with Crippen LogP contribution in [0.3, 0.4) is 0 Å². The van der Waals surface area contributed by atoms with Gasteiger partial charge in [0.1, 0.15) is 0 Å². The summed E-state index contributed by atoms with van der Waals surface area (Å²) in [5.41, 5.74) is 3.72. The van der Waals surface area contributed by atoms with Gasteiger partial charge in [-0.3, -0.25) is 9.78 Å². The molecular formula is C19H23NO2. The Balaban J connectivity index is 1.69. The van der Waals surface area contributed by atoms with Gasteiger partial charge in [-0.05, 0) is 42.5 Å². The quantitative estimate of drug-likeness (QED) is 0.704. The second-order valence-corrected chi connectivity index (χ2v) is 5.62. The summed E-state index contributed by atoms with van der Waals surface area (Å²) in [6.07, 6.45) is 8.08. The molecule has 116 valence electrons. The Hall–Kier alpha value is -2.16. The van der Waals surface area contributed by atoms with E-state index in [2.05, 4.69) is 29.2 Å². The summed E-state index contributed by atoms with van der Waals surface area (Å²) in [4.78, 5) is 14.8. The van der Waals surface area contributed by atoms with Crippen molar-refractivity contribution < 1.29 is 9.90 Å². The first-order valence-corrected chi connectivity index (χ1v) is 7.93. The number of aromatic nitrogens is 1. The fourth-order valence-electron chi connectivity index (χ4n) is 2.49. The molecule has 0 spiro atoms. The molecule has 1 aromatic heterocycles. The lowest BCUT2D eigenvalue weighted by Crippen LogP contribution is -1.94. The predicted molar refractivity (Wildman–Crippen MR) is 87.9 cm³/mol. The molecule has 22 heavy (non-hydrogen) atoms. The third-order valence-electron chi connectivity index (χ3n) is 3.74. The highest BCUT2D eigenvalue weighted by molar-refractivity contribution is 5.66. The number of carboxylic acid groups (broad SMARTS) is 1. The smallest absolute Gasteiger partial charge is 0.303 e. The lowest BCUT2D eigenvalue weighted by atomic mass is 10.0. The zero-order chi connectivity index (χ0) is 15.6. The summed E-state index contributed by atoms with van der Waals surface area (Å²) in [6, 6.07) is 14.7. The van der Waals surface area contributed by atoms with Crippen molar-refractivity contribution in [3.8, 4) is 0 Å². The highest BCUT2D eigenvalue weighted by Gasteiger charge is 1.99. The van der Waals surface area contributed by atoms with Crippen LogP contribution in [-0.2, 0) is 17.6 Å². The van der Waals surface area contributed by atoms with Gasteiger partial charge in [0.2, 0.25) is 0 Å². The maximum atomic E-state index is 10.4. The van der Waals surface area contributed by atoms with Crippen LogP contribution >= 0.6 is 0 Å². The molecule has 0 fully saturated rings. The van der Waals surface area contributed by atoms with E-state index in [-0.39, 0.29) is 0 Å². The number of hydrogen-bond acceptors (Lipinski definition) is 2. The second kappa shape index (κ2) is 8.98. The predicted octanol–water partition coefficient (Wildman–Crippen LogP) is 4.25. The third-order valence-corrected chi connectivity index (χ3v) is 3.74. The SMILES string of the molecule is O=C(O)CCCCCCc1ccc(Cc2ccccn2)cc1. The van der Waals surface area contributed by atoms with Gasteiger partial charge < -0.3 is 5.11 Å². The molecule has 0 aliphatic rings. The Labute approximate surface area is 132 Å². The number of aryl methyl sites for hydroxylation is 1. The number of benzene rings is 1. The van der Waals surface area contributed by atoms with Gasteiger partial charge in [0.05, 0.1) is 0 Å². The van der Waals surface area contributed by atoms with Gasteiger partial charge in [0, 0.05) is 24.7 Å². The molecule has 1 heterocycles. The molecule has 0 atom stereocenters. The van der Waals surface area contributed by atoms with Crippen LogP contribution in [0.5, 0.6) is 0 Å². The van der Waals surface area contributed by atoms with Crippen LogP contribution in [-0.4, -0.2) is 16.1 Å². The van der Waals surface area contributed by atoms with Gasteiger partial charge in [-0.25, -0.2) is 0 Å². The van der Waals surface area contributed by atoms with Crippen LogP contribution in [0.4, 0.5) is 0 Å². The molecule has 3 heteroatoms. The van der Waals surface area contributed by atoms with Crippen molar-refractivity contribution in [1.82, 2.24) is 4.98 Å². The first kappa shape index (κ1) is 16.2. The zero-order valence-corrected chi connectivity index (χ0v) is 12.9. The van der Waals surface area contributed by atoms with E-state index in [0.717, 1.165) is 44.2 Å². The molecular weight excluding hydrogens is 274 g/mol. The molecule has 2 aromatic rings. The minimum atomic E-state index is -0.691. The van der Waals surface area contributed by atoms with E-state index in [1.54, 1.807) is 0 Å². The largest absolute Gasteiger partial charge is 0.481 e. The molecule has 2 rings (SSSR count). The number of unbranched alkanes of at least 4 members (excludes halogenated alkanes) is 3. The lowest BCUT2D eigenvalue weighted by molar-refractivity contribution is -0.137. The molecule has 0 bridgehead atoms. The van der Waals surface area contributed by atoms with Crippen molar-refractivity contribution in [2.75, 3.05) is 0 Å². The van der Waals surface area contributed by atoms with Gasteiger partial charge in [0.25, 0.3) is 0 Å². The monoisotopic (exact) mass is 297 g/mol. The first-order chi connectivity index (χ1) is 10.7. The fourth-order valence-corrected chi connectivity index (χ4v) is 2.49. The Bertz CT molecular complexity index is 564. The summed E-state index contributed by atoms with van der Waals surface area (Å²) >= 11 is 0. The van der Waals surface area contributed by atoms with E-state index in [4.69, 9.17) is 5.11 Å². The number of rotatable bonds is 9. The van der Waals surface area contributed by atoms with Crippen LogP contribution < -0.4 is 0 Å². The summed E-state index contributed by atoms with van der Waals surface area (Å²) < 4.78 is 0. The molecule has 0 amide bonds. The zero-order valence-electron chi connectivity index (χ0n) is 12.9. The number of carboxylic acids is 1. The maximum Gasteiger partial charge on any atom is 0.303 e. The van der Waals surface area contributed by atoms with E-state index in [9.17, 15) is 4.79 Å². The molecule has 0 unspecified atom stereocenters. The van der Waals surface area contributed by atoms with Crippen molar-refractivity contribution in [3.05, 3.63) is 65.5 Å². The minimum Gasteiger partial charge on any atom is -0.481 e. The fraction of sp³-hybridized carbons (Fsp3) is 0.368. The van der Waals surface area contributed by atoms with Crippen molar-refractivity contribution in [3.63, 3.8) is 0 Å². The summed E-state index contributed by atoms with van der Waals surface area (Å²) in [5.74, 6) is -0.691. The maximum absolute atomic E-state index is 10.4. The lowest BCUT2D eigenvalue weighted by Gasteiger charge is -2.04. The first-order valence-electron chi connectivity index (χ1n) is 7.93. The van der Waals surface area contributed by atoms with Gasteiger partial charge in [0.15, 0.2) is 0 Å². The molecule has 0 saturated carbocycles. The van der Waals surface area contributed by atoms with Crippen LogP contribution in [0.1, 0.15) is 48.9 Å². The van der Waals surface area contributed by atoms with Gasteiger partial charge in [-0.1, -0.05) is 43.2 Å². The Kier molecular flexibility index (Phi) is 6.62. The average molecular weight is 297 g/mol. The van der Waals surface area contributed by atoms with E-state index in [0.29, 0.717) is 6.42 Å². The van der Waals surface area contributed by atoms with Crippen LogP contribution in [0, 0.1) is 0 Å². The third kappa shape index (κ3) is 6.08. The number of nitrogens with zero attached hydrogens (tertiary/aromatic N) is 1. The van der Waals surface area contributed by atoms with Gasteiger partial charge >= 0.3 is 5.97 Å². The highest BCUT2D eigenvalue weighted by atomic mass is 16.4. The topological polar surface area (TPSA) is 50.2 Å². The number of pyridine rings is 1. The molecule has 1 aromatic carbocycles. The molecule has 1 N–H and O–H groups in total. The Morgan fingerprint density at radius 3 is 2.32 bits per heavy atom. The summed E-state index contributed by atoms with van der Waals surface area (Å²) in [5, 5.41) is 8.58. The van der Waals surface area contributed by atoms with Gasteiger partial charge in [-0.15, -0.1) is 0 Å². The molecule has 0 saturated heterocycles. The molecule has 3 nitrogen and oxygen atoms in total. The minimum absolute atomic E-state index is 0.294. The number of carbonyl (C=O) groups is 1. The second-order valence-electron chi connectivity index (χ2n) is 5.62. The molecule has 0 aliphatic heterocycles. The van der Waals surface area contributed by atoms with Crippen LogP contribution in [0.25, 0.3) is 0 Å². The van der Waals surface area contributed by atoms with E-state index in [1.807, 2.05) is 24.4 Å². The van der Waals surface area contributed by atoms with Crippen molar-refractivity contribution >= 4 is 5.97 Å². The number of aliphatic carboxylic acids is 1. The Morgan fingerprint density at radius 2 is 1.64 bits per heavy atom. The van der Waals surface area contributed by atoms with Crippen LogP contribution in [0.15, 0.2) is 48.7 Å². The van der Waals surface area contributed by atoms with Crippen molar-refractivity contribution in [2.24, 2.45) is 0 Å². The number of hydrogen-bond donors (Lipinski definition) is 1. The van der Waals surface area contributed by atoms with Crippen LogP contribution in [0.2, 0.25) is 0 Å².